The van der Waals surface area contributed by atoms with Crippen LogP contribution in [-0.2, 0) is 19.7 Å². The topological polar surface area (TPSA) is 68.3 Å². The molecular formula is C10H20O4S2. The zero-order valence-electron chi connectivity index (χ0n) is 9.85. The van der Waals surface area contributed by atoms with Gasteiger partial charge < -0.3 is 0 Å². The van der Waals surface area contributed by atoms with Gasteiger partial charge in [0.25, 0.3) is 0 Å². The largest absolute Gasteiger partial charge is 0.224 e. The molecule has 0 unspecified atom stereocenters. The van der Waals surface area contributed by atoms with E-state index < -0.39 is 19.7 Å². The highest BCUT2D eigenvalue weighted by Crippen LogP contribution is 2.03. The van der Waals surface area contributed by atoms with E-state index in [1.165, 1.54) is 0 Å². The van der Waals surface area contributed by atoms with Crippen molar-refractivity contribution in [3.63, 3.8) is 0 Å². The smallest absolute Gasteiger partial charge is 0.172 e. The van der Waals surface area contributed by atoms with Crippen molar-refractivity contribution < 1.29 is 16.8 Å². The maximum atomic E-state index is 11.4. The summed E-state index contributed by atoms with van der Waals surface area (Å²) >= 11 is 0. The Hall–Kier alpha value is -0.360. The lowest BCUT2D eigenvalue weighted by molar-refractivity contribution is 0.597. The molecule has 6 heteroatoms. The molecule has 0 saturated heterocycles. The molecule has 0 aliphatic rings. The molecule has 0 aromatic rings. The van der Waals surface area contributed by atoms with Gasteiger partial charge in [0.2, 0.25) is 0 Å². The molecule has 4 nitrogen and oxygen atoms in total. The van der Waals surface area contributed by atoms with E-state index in [2.05, 4.69) is 0 Å². The normalized spacial score (nSPS) is 13.4. The minimum Gasteiger partial charge on any atom is -0.224 e. The van der Waals surface area contributed by atoms with Gasteiger partial charge in [0.15, 0.2) is 19.7 Å². The molecule has 0 saturated carbocycles. The molecule has 96 valence electrons. The van der Waals surface area contributed by atoms with Gasteiger partial charge in [-0.1, -0.05) is 26.7 Å². The van der Waals surface area contributed by atoms with Crippen molar-refractivity contribution in [2.45, 2.75) is 39.5 Å². The summed E-state index contributed by atoms with van der Waals surface area (Å²) in [6, 6.07) is 0. The summed E-state index contributed by atoms with van der Waals surface area (Å²) in [5.74, 6) is 0.0343. The van der Waals surface area contributed by atoms with Crippen LogP contribution in [0, 0.1) is 0 Å². The van der Waals surface area contributed by atoms with Gasteiger partial charge in [0, 0.05) is 10.8 Å². The third-order valence-corrected chi connectivity index (χ3v) is 5.02. The molecule has 0 N–H and O–H groups in total. The Morgan fingerprint density at radius 2 is 1.06 bits per heavy atom. The predicted molar refractivity (Wildman–Crippen MR) is 66.5 cm³/mol. The fourth-order valence-corrected chi connectivity index (χ4v) is 4.00. The third-order valence-electron chi connectivity index (χ3n) is 2.04. The first-order valence-electron chi connectivity index (χ1n) is 5.46. The Labute approximate surface area is 98.6 Å². The molecule has 0 atom stereocenters. The summed E-state index contributed by atoms with van der Waals surface area (Å²) in [5, 5.41) is 1.65. The molecule has 0 heterocycles. The van der Waals surface area contributed by atoms with Crippen LogP contribution in [0.1, 0.15) is 39.5 Å². The molecule has 0 rings (SSSR count). The quantitative estimate of drug-likeness (QED) is 0.674. The summed E-state index contributed by atoms with van der Waals surface area (Å²) < 4.78 is 45.4. The average molecular weight is 268 g/mol. The second kappa shape index (κ2) is 7.06. The van der Waals surface area contributed by atoms with Gasteiger partial charge in [0.05, 0.1) is 11.5 Å². The number of hydrogen-bond acceptors (Lipinski definition) is 4. The number of sulfone groups is 2. The van der Waals surface area contributed by atoms with Crippen LogP contribution in [-0.4, -0.2) is 28.3 Å². The minimum absolute atomic E-state index is 0.0172. The van der Waals surface area contributed by atoms with Crippen LogP contribution in [0.25, 0.3) is 0 Å². The van der Waals surface area contributed by atoms with E-state index in [1.807, 2.05) is 13.8 Å². The van der Waals surface area contributed by atoms with Crippen LogP contribution in [0.2, 0.25) is 0 Å². The standard InChI is InChI=1S/C10H20O4S2/c1-3-5-7-15(11,12)9-10-16(13,14)8-6-4-2/h9-10H,3-8H2,1-2H3. The van der Waals surface area contributed by atoms with E-state index in [9.17, 15) is 16.8 Å². The monoisotopic (exact) mass is 268 g/mol. The molecule has 0 radical (unpaired) electrons. The van der Waals surface area contributed by atoms with E-state index in [-0.39, 0.29) is 11.5 Å². The maximum absolute atomic E-state index is 11.4. The fourth-order valence-electron chi connectivity index (χ4n) is 0.996. The number of rotatable bonds is 8. The van der Waals surface area contributed by atoms with Crippen LogP contribution in [0.5, 0.6) is 0 Å². The molecule has 0 fully saturated rings. The predicted octanol–water partition coefficient (Wildman–Crippen LogP) is 1.89. The highest BCUT2D eigenvalue weighted by atomic mass is 32.2. The summed E-state index contributed by atoms with van der Waals surface area (Å²) in [5.41, 5.74) is 0. The molecule has 16 heavy (non-hydrogen) atoms. The Kier molecular flexibility index (Phi) is 6.90. The van der Waals surface area contributed by atoms with Crippen molar-refractivity contribution >= 4 is 19.7 Å². The highest BCUT2D eigenvalue weighted by molar-refractivity contribution is 7.97. The van der Waals surface area contributed by atoms with E-state index in [1.54, 1.807) is 0 Å². The van der Waals surface area contributed by atoms with E-state index >= 15 is 0 Å². The number of hydrogen-bond donors (Lipinski definition) is 0. The first-order chi connectivity index (χ1) is 7.33. The molecule has 0 aliphatic carbocycles. The lowest BCUT2D eigenvalue weighted by atomic mass is 10.4. The van der Waals surface area contributed by atoms with Crippen molar-refractivity contribution in [1.82, 2.24) is 0 Å². The summed E-state index contributed by atoms with van der Waals surface area (Å²) in [4.78, 5) is 0. The Balaban J connectivity index is 4.47. The minimum atomic E-state index is -3.36. The van der Waals surface area contributed by atoms with Crippen LogP contribution in [0.4, 0.5) is 0 Å². The first-order valence-corrected chi connectivity index (χ1v) is 8.89. The second-order valence-corrected chi connectivity index (χ2v) is 7.73. The van der Waals surface area contributed by atoms with Crippen molar-refractivity contribution in [3.05, 3.63) is 10.8 Å². The summed E-state index contributed by atoms with van der Waals surface area (Å²) in [6.45, 7) is 3.77. The summed E-state index contributed by atoms with van der Waals surface area (Å²) in [7, 11) is -6.72. The Morgan fingerprint density at radius 1 is 0.750 bits per heavy atom. The van der Waals surface area contributed by atoms with E-state index in [4.69, 9.17) is 0 Å². The number of unbranched alkanes of at least 4 members (excludes halogenated alkanes) is 2. The zero-order valence-corrected chi connectivity index (χ0v) is 11.5. The highest BCUT2D eigenvalue weighted by Gasteiger charge is 2.09. The average Bonchev–Trinajstić information content (AvgIpc) is 2.22. The van der Waals surface area contributed by atoms with Gasteiger partial charge in [-0.25, -0.2) is 16.8 Å². The molecule has 0 aromatic carbocycles. The zero-order chi connectivity index (χ0) is 12.7. The molecular weight excluding hydrogens is 248 g/mol. The van der Waals surface area contributed by atoms with Crippen LogP contribution >= 0.6 is 0 Å². The lowest BCUT2D eigenvalue weighted by Crippen LogP contribution is -2.05. The van der Waals surface area contributed by atoms with Crippen molar-refractivity contribution in [1.29, 1.82) is 0 Å². The lowest BCUT2D eigenvalue weighted by Gasteiger charge is -1.98. The second-order valence-electron chi connectivity index (χ2n) is 3.71. The van der Waals surface area contributed by atoms with E-state index in [0.29, 0.717) is 12.8 Å². The van der Waals surface area contributed by atoms with Gasteiger partial charge >= 0.3 is 0 Å². The maximum Gasteiger partial charge on any atom is 0.172 e. The third kappa shape index (κ3) is 7.87. The fraction of sp³-hybridized carbons (Fsp3) is 0.800. The van der Waals surface area contributed by atoms with Gasteiger partial charge in [-0.15, -0.1) is 0 Å². The molecule has 0 spiro atoms. The Morgan fingerprint density at radius 3 is 1.31 bits per heavy atom. The molecule has 0 aliphatic heterocycles. The summed E-state index contributed by atoms with van der Waals surface area (Å²) in [6.07, 6.45) is 2.66. The van der Waals surface area contributed by atoms with Crippen molar-refractivity contribution in [3.8, 4) is 0 Å². The molecule has 0 aromatic heterocycles. The molecule has 0 amide bonds. The van der Waals surface area contributed by atoms with Gasteiger partial charge in [-0.3, -0.25) is 0 Å². The van der Waals surface area contributed by atoms with Gasteiger partial charge in [-0.2, -0.15) is 0 Å². The first kappa shape index (κ1) is 15.6. The Bertz CT molecular complexity index is 364. The van der Waals surface area contributed by atoms with Crippen molar-refractivity contribution in [2.75, 3.05) is 11.5 Å². The van der Waals surface area contributed by atoms with Gasteiger partial charge in [-0.05, 0) is 12.8 Å². The molecule has 0 bridgehead atoms. The van der Waals surface area contributed by atoms with Gasteiger partial charge in [0.1, 0.15) is 0 Å². The van der Waals surface area contributed by atoms with Crippen LogP contribution in [0.15, 0.2) is 10.8 Å². The van der Waals surface area contributed by atoms with Crippen molar-refractivity contribution in [2.24, 2.45) is 0 Å². The van der Waals surface area contributed by atoms with Crippen LogP contribution < -0.4 is 0 Å². The van der Waals surface area contributed by atoms with Crippen LogP contribution in [0.3, 0.4) is 0 Å². The SMILES string of the molecule is CCCCS(=O)(=O)C=CS(=O)(=O)CCCC. The van der Waals surface area contributed by atoms with E-state index in [0.717, 1.165) is 23.7 Å².